The monoisotopic (exact) mass is 361 g/mol. The lowest BCUT2D eigenvalue weighted by molar-refractivity contribution is 0.00717. The van der Waals surface area contributed by atoms with Gasteiger partial charge < -0.3 is 14.3 Å². The second-order valence-electron chi connectivity index (χ2n) is 8.98. The molecule has 0 saturated carbocycles. The van der Waals surface area contributed by atoms with Crippen molar-refractivity contribution >= 4 is 8.32 Å². The highest BCUT2D eigenvalue weighted by Crippen LogP contribution is 2.47. The fourth-order valence-electron chi connectivity index (χ4n) is 3.70. The molecule has 2 aliphatic carbocycles. The molecule has 2 aliphatic rings. The van der Waals surface area contributed by atoms with Crippen molar-refractivity contribution in [3.05, 3.63) is 35.5 Å². The third-order valence-electron chi connectivity index (χ3n) is 6.42. The summed E-state index contributed by atoms with van der Waals surface area (Å²) in [6, 6.07) is 3.95. The second kappa shape index (κ2) is 6.22. The standard InChI is InChI=1S/C20H31NO3Si/c1-19(2,3)25(5,6)24-13-20-11-7-8-14(18(20)22)12-16-15(20)9-10-17(21-16)23-4/h7,9-11,14,18,22H,8,12-13H2,1-6H3. The van der Waals surface area contributed by atoms with E-state index < -0.39 is 19.8 Å². The summed E-state index contributed by atoms with van der Waals surface area (Å²) in [4.78, 5) is 4.68. The molecule has 0 radical (unpaired) electrons. The number of fused-ring (bicyclic) bond motifs is 4. The first-order valence-corrected chi connectivity index (χ1v) is 12.1. The molecule has 25 heavy (non-hydrogen) atoms. The molecule has 0 aromatic carbocycles. The number of aliphatic hydroxyl groups is 1. The molecule has 1 aromatic rings. The molecule has 5 heteroatoms. The first-order valence-electron chi connectivity index (χ1n) is 9.15. The van der Waals surface area contributed by atoms with Crippen molar-refractivity contribution in [2.75, 3.05) is 13.7 Å². The first kappa shape index (κ1) is 18.6. The SMILES string of the molecule is COc1ccc2c(n1)CC1CC=CC2(CO[Si](C)(C)C(C)(C)C)C1O. The summed E-state index contributed by atoms with van der Waals surface area (Å²) >= 11 is 0. The fourth-order valence-corrected chi connectivity index (χ4v) is 4.73. The van der Waals surface area contributed by atoms with Crippen LogP contribution in [0.5, 0.6) is 5.88 Å². The minimum Gasteiger partial charge on any atom is -0.481 e. The van der Waals surface area contributed by atoms with Gasteiger partial charge in [-0.3, -0.25) is 0 Å². The molecule has 1 aromatic heterocycles. The summed E-state index contributed by atoms with van der Waals surface area (Å²) in [5, 5.41) is 11.3. The van der Waals surface area contributed by atoms with Crippen LogP contribution >= 0.6 is 0 Å². The summed E-state index contributed by atoms with van der Waals surface area (Å²) in [7, 11) is -0.266. The van der Waals surface area contributed by atoms with Gasteiger partial charge in [0.15, 0.2) is 8.32 Å². The van der Waals surface area contributed by atoms with Crippen molar-refractivity contribution in [3.8, 4) is 5.88 Å². The number of aromatic nitrogens is 1. The number of methoxy groups -OCH3 is 1. The van der Waals surface area contributed by atoms with Gasteiger partial charge in [-0.05, 0) is 42.5 Å². The largest absolute Gasteiger partial charge is 0.481 e. The van der Waals surface area contributed by atoms with Crippen LogP contribution in [0.2, 0.25) is 18.1 Å². The molecule has 3 rings (SSSR count). The fraction of sp³-hybridized carbons (Fsp3) is 0.650. The lowest BCUT2D eigenvalue weighted by Gasteiger charge is -2.49. The van der Waals surface area contributed by atoms with Gasteiger partial charge >= 0.3 is 0 Å². The van der Waals surface area contributed by atoms with E-state index in [1.54, 1.807) is 7.11 Å². The number of hydrogen-bond acceptors (Lipinski definition) is 4. The average molecular weight is 362 g/mol. The number of hydrogen-bond donors (Lipinski definition) is 1. The molecule has 138 valence electrons. The quantitative estimate of drug-likeness (QED) is 0.654. The topological polar surface area (TPSA) is 51.6 Å². The van der Waals surface area contributed by atoms with Gasteiger partial charge in [-0.1, -0.05) is 39.0 Å². The third kappa shape index (κ3) is 3.07. The molecule has 0 spiro atoms. The minimum absolute atomic E-state index is 0.141. The van der Waals surface area contributed by atoms with Crippen LogP contribution in [0.1, 0.15) is 38.4 Å². The summed E-state index contributed by atoms with van der Waals surface area (Å²) < 4.78 is 11.9. The molecule has 4 nitrogen and oxygen atoms in total. The molecular formula is C20H31NO3Si. The zero-order chi connectivity index (χ0) is 18.5. The van der Waals surface area contributed by atoms with Crippen molar-refractivity contribution in [2.24, 2.45) is 5.92 Å². The molecule has 0 fully saturated rings. The van der Waals surface area contributed by atoms with E-state index in [9.17, 15) is 5.11 Å². The summed E-state index contributed by atoms with van der Waals surface area (Å²) in [6.07, 6.45) is 5.62. The summed E-state index contributed by atoms with van der Waals surface area (Å²) in [5.41, 5.74) is 1.63. The molecule has 1 heterocycles. The van der Waals surface area contributed by atoms with E-state index in [2.05, 4.69) is 57.1 Å². The first-order chi connectivity index (χ1) is 11.6. The van der Waals surface area contributed by atoms with Crippen LogP contribution in [0.15, 0.2) is 24.3 Å². The highest BCUT2D eigenvalue weighted by atomic mass is 28.4. The maximum atomic E-state index is 11.1. The number of rotatable bonds is 4. The van der Waals surface area contributed by atoms with Gasteiger partial charge in [0.2, 0.25) is 5.88 Å². The van der Waals surface area contributed by atoms with E-state index in [0.717, 1.165) is 24.1 Å². The van der Waals surface area contributed by atoms with Crippen LogP contribution in [0.25, 0.3) is 0 Å². The van der Waals surface area contributed by atoms with Crippen LogP contribution in [0.4, 0.5) is 0 Å². The van der Waals surface area contributed by atoms with Gasteiger partial charge in [-0.15, -0.1) is 0 Å². The average Bonchev–Trinajstić information content (AvgIpc) is 2.53. The van der Waals surface area contributed by atoms with E-state index in [1.807, 2.05) is 6.07 Å². The Balaban J connectivity index is 2.00. The van der Waals surface area contributed by atoms with Gasteiger partial charge in [0, 0.05) is 18.4 Å². The van der Waals surface area contributed by atoms with Crippen LogP contribution in [-0.2, 0) is 16.3 Å². The van der Waals surface area contributed by atoms with Gasteiger partial charge in [-0.25, -0.2) is 4.98 Å². The second-order valence-corrected chi connectivity index (χ2v) is 13.8. The van der Waals surface area contributed by atoms with Gasteiger partial charge in [0.1, 0.15) is 0 Å². The van der Waals surface area contributed by atoms with Crippen LogP contribution in [0.3, 0.4) is 0 Å². The Bertz CT molecular complexity index is 680. The Morgan fingerprint density at radius 1 is 1.32 bits per heavy atom. The lowest BCUT2D eigenvalue weighted by atomic mass is 9.62. The molecule has 2 bridgehead atoms. The lowest BCUT2D eigenvalue weighted by Crippen LogP contribution is -2.55. The highest BCUT2D eigenvalue weighted by Gasteiger charge is 2.50. The Kier molecular flexibility index (Phi) is 4.63. The van der Waals surface area contributed by atoms with Crippen molar-refractivity contribution in [1.82, 2.24) is 4.98 Å². The molecule has 1 N–H and O–H groups in total. The van der Waals surface area contributed by atoms with Gasteiger partial charge in [0.25, 0.3) is 0 Å². The Morgan fingerprint density at radius 3 is 2.68 bits per heavy atom. The van der Waals surface area contributed by atoms with Crippen LogP contribution < -0.4 is 4.74 Å². The van der Waals surface area contributed by atoms with Crippen molar-refractivity contribution in [2.45, 2.75) is 63.3 Å². The molecule has 3 unspecified atom stereocenters. The Morgan fingerprint density at radius 2 is 2.04 bits per heavy atom. The normalized spacial score (nSPS) is 28.6. The predicted molar refractivity (Wildman–Crippen MR) is 103 cm³/mol. The Labute approximate surface area is 152 Å². The predicted octanol–water partition coefficient (Wildman–Crippen LogP) is 3.84. The molecular weight excluding hydrogens is 330 g/mol. The van der Waals surface area contributed by atoms with Crippen molar-refractivity contribution < 1.29 is 14.3 Å². The summed E-state index contributed by atoms with van der Waals surface area (Å²) in [5.74, 6) is 0.831. The van der Waals surface area contributed by atoms with E-state index in [0.29, 0.717) is 12.5 Å². The van der Waals surface area contributed by atoms with Crippen molar-refractivity contribution in [1.29, 1.82) is 0 Å². The molecule has 3 atom stereocenters. The zero-order valence-electron chi connectivity index (χ0n) is 16.3. The molecule has 0 saturated heterocycles. The Hall–Kier alpha value is -1.17. The number of allylic oxidation sites excluding steroid dienone is 1. The van der Waals surface area contributed by atoms with E-state index in [4.69, 9.17) is 9.16 Å². The smallest absolute Gasteiger partial charge is 0.213 e. The van der Waals surface area contributed by atoms with Gasteiger partial charge in [0.05, 0.1) is 18.6 Å². The summed E-state index contributed by atoms with van der Waals surface area (Å²) in [6.45, 7) is 11.8. The zero-order valence-corrected chi connectivity index (χ0v) is 17.3. The van der Waals surface area contributed by atoms with Crippen molar-refractivity contribution in [3.63, 3.8) is 0 Å². The van der Waals surface area contributed by atoms with E-state index >= 15 is 0 Å². The van der Waals surface area contributed by atoms with E-state index in [1.165, 1.54) is 0 Å². The highest BCUT2D eigenvalue weighted by molar-refractivity contribution is 6.74. The minimum atomic E-state index is -1.91. The van der Waals surface area contributed by atoms with Crippen LogP contribution in [0, 0.1) is 5.92 Å². The molecule has 0 aliphatic heterocycles. The van der Waals surface area contributed by atoms with Gasteiger partial charge in [-0.2, -0.15) is 0 Å². The number of pyridine rings is 1. The number of nitrogens with zero attached hydrogens (tertiary/aromatic N) is 1. The number of ether oxygens (including phenoxy) is 1. The maximum Gasteiger partial charge on any atom is 0.213 e. The third-order valence-corrected chi connectivity index (χ3v) is 10.9. The number of aliphatic hydroxyl groups excluding tert-OH is 1. The molecule has 0 amide bonds. The maximum absolute atomic E-state index is 11.1. The van der Waals surface area contributed by atoms with E-state index in [-0.39, 0.29) is 11.0 Å². The van der Waals surface area contributed by atoms with Crippen LogP contribution in [-0.4, -0.2) is 38.2 Å².